The fraction of sp³-hybridized carbons (Fsp3) is 0.458. The molecule has 0 aromatic carbocycles. The van der Waals surface area contributed by atoms with Gasteiger partial charge in [0.2, 0.25) is 21.8 Å². The minimum Gasteiger partial charge on any atom is -0.349 e. The lowest BCUT2D eigenvalue weighted by Gasteiger charge is -2.34. The number of aryl methyl sites for hydroxylation is 1. The molecule has 2 saturated heterocycles. The lowest BCUT2D eigenvalue weighted by atomic mass is 10.1. The van der Waals surface area contributed by atoms with Crippen molar-refractivity contribution in [1.82, 2.24) is 19.8 Å². The maximum Gasteiger partial charge on any atom is 0.261 e. The highest BCUT2D eigenvalue weighted by Gasteiger charge is 2.35. The van der Waals surface area contributed by atoms with Crippen molar-refractivity contribution in [2.24, 2.45) is 0 Å². The van der Waals surface area contributed by atoms with Gasteiger partial charge in [-0.2, -0.15) is 4.72 Å². The number of carbonyl (C=O) groups is 3. The van der Waals surface area contributed by atoms with Crippen molar-refractivity contribution < 1.29 is 22.8 Å². The van der Waals surface area contributed by atoms with Gasteiger partial charge in [-0.3, -0.25) is 14.4 Å². The molecule has 0 saturated carbocycles. The molecule has 2 aliphatic heterocycles. The molecule has 0 bridgehead atoms. The normalized spacial score (nSPS) is 20.6. The molecule has 0 spiro atoms. The van der Waals surface area contributed by atoms with Crippen LogP contribution in [0.25, 0.3) is 6.08 Å². The SMILES string of the molecule is Cc1ccsc1C(=O)NCC1CCCN1C(=O)CN1CCCC(NS(=O)(=O)/C=C/c2ccc(Cl)s2)C1=O. The first-order valence-electron chi connectivity index (χ1n) is 12.0. The first-order chi connectivity index (χ1) is 17.6. The second kappa shape index (κ2) is 12.1. The fourth-order valence-electron chi connectivity index (χ4n) is 4.55. The number of hydrogen-bond donors (Lipinski definition) is 2. The molecule has 3 amide bonds. The third kappa shape index (κ3) is 7.20. The molecule has 2 N–H and O–H groups in total. The summed E-state index contributed by atoms with van der Waals surface area (Å²) in [7, 11) is -3.87. The van der Waals surface area contributed by atoms with E-state index in [1.54, 1.807) is 17.0 Å². The topological polar surface area (TPSA) is 116 Å². The number of amides is 3. The third-order valence-electron chi connectivity index (χ3n) is 6.43. The van der Waals surface area contributed by atoms with E-state index in [1.807, 2.05) is 18.4 Å². The largest absolute Gasteiger partial charge is 0.349 e. The van der Waals surface area contributed by atoms with Gasteiger partial charge in [0.1, 0.15) is 6.04 Å². The maximum atomic E-state index is 13.1. The second-order valence-corrected chi connectivity index (χ2v) is 13.3. The van der Waals surface area contributed by atoms with E-state index >= 15 is 0 Å². The van der Waals surface area contributed by atoms with E-state index < -0.39 is 22.0 Å². The van der Waals surface area contributed by atoms with Crippen LogP contribution in [-0.4, -0.2) is 74.2 Å². The molecule has 9 nitrogen and oxygen atoms in total. The van der Waals surface area contributed by atoms with Gasteiger partial charge in [0.15, 0.2) is 0 Å². The van der Waals surface area contributed by atoms with Crippen molar-refractivity contribution >= 4 is 68.1 Å². The molecular formula is C24H29ClN4O5S3. The van der Waals surface area contributed by atoms with Gasteiger partial charge in [-0.05, 0) is 67.8 Å². The van der Waals surface area contributed by atoms with Crippen LogP contribution < -0.4 is 10.0 Å². The van der Waals surface area contributed by atoms with Gasteiger partial charge >= 0.3 is 0 Å². The zero-order valence-electron chi connectivity index (χ0n) is 20.3. The summed E-state index contributed by atoms with van der Waals surface area (Å²) in [6.07, 6.45) is 3.97. The van der Waals surface area contributed by atoms with Gasteiger partial charge in [0.05, 0.1) is 15.8 Å². The van der Waals surface area contributed by atoms with Gasteiger partial charge < -0.3 is 15.1 Å². The predicted molar refractivity (Wildman–Crippen MR) is 146 cm³/mol. The number of nitrogens with one attached hydrogen (secondary N) is 2. The monoisotopic (exact) mass is 584 g/mol. The van der Waals surface area contributed by atoms with Gasteiger partial charge in [-0.15, -0.1) is 22.7 Å². The highest BCUT2D eigenvalue weighted by atomic mass is 35.5. The van der Waals surface area contributed by atoms with E-state index in [2.05, 4.69) is 10.0 Å². The van der Waals surface area contributed by atoms with Crippen molar-refractivity contribution in [2.45, 2.75) is 44.7 Å². The molecule has 0 radical (unpaired) electrons. The van der Waals surface area contributed by atoms with E-state index in [0.717, 1.165) is 23.8 Å². The molecular weight excluding hydrogens is 556 g/mol. The van der Waals surface area contributed by atoms with Crippen LogP contribution in [0, 0.1) is 6.92 Å². The molecule has 4 rings (SSSR count). The van der Waals surface area contributed by atoms with E-state index in [4.69, 9.17) is 11.6 Å². The van der Waals surface area contributed by atoms with E-state index in [1.165, 1.54) is 33.6 Å². The van der Waals surface area contributed by atoms with Crippen LogP contribution in [0.2, 0.25) is 4.34 Å². The van der Waals surface area contributed by atoms with Crippen LogP contribution >= 0.6 is 34.3 Å². The number of rotatable bonds is 9. The van der Waals surface area contributed by atoms with Gasteiger partial charge in [0, 0.05) is 36.0 Å². The summed E-state index contributed by atoms with van der Waals surface area (Å²) < 4.78 is 28.1. The minimum absolute atomic E-state index is 0.116. The van der Waals surface area contributed by atoms with Gasteiger partial charge in [-0.1, -0.05) is 11.6 Å². The smallest absolute Gasteiger partial charge is 0.261 e. The molecule has 2 unspecified atom stereocenters. The predicted octanol–water partition coefficient (Wildman–Crippen LogP) is 3.07. The van der Waals surface area contributed by atoms with Crippen molar-refractivity contribution in [2.75, 3.05) is 26.2 Å². The maximum absolute atomic E-state index is 13.1. The van der Waals surface area contributed by atoms with Crippen LogP contribution in [-0.2, 0) is 19.6 Å². The highest BCUT2D eigenvalue weighted by Crippen LogP contribution is 2.23. The summed E-state index contributed by atoms with van der Waals surface area (Å²) in [6.45, 7) is 3.07. The molecule has 2 fully saturated rings. The van der Waals surface area contributed by atoms with Crippen molar-refractivity contribution in [1.29, 1.82) is 0 Å². The Hall–Kier alpha value is -2.25. The fourth-order valence-corrected chi connectivity index (χ4v) is 7.46. The van der Waals surface area contributed by atoms with E-state index in [9.17, 15) is 22.8 Å². The molecule has 0 aliphatic carbocycles. The average Bonchev–Trinajstić information content (AvgIpc) is 3.60. The Kier molecular flexibility index (Phi) is 9.07. The summed E-state index contributed by atoms with van der Waals surface area (Å²) in [5, 5.41) is 5.82. The summed E-state index contributed by atoms with van der Waals surface area (Å²) >= 11 is 8.51. The van der Waals surface area contributed by atoms with Crippen LogP contribution in [0.3, 0.4) is 0 Å². The standard InChI is InChI=1S/C24H29ClN4O5S3/c1-16-8-12-35-22(16)23(31)26-14-17-4-2-11-29(17)21(30)15-28-10-3-5-19(24(28)32)27-37(33,34)13-9-18-6-7-20(25)36-18/h6-9,12-13,17,19,27H,2-5,10-11,14-15H2,1H3,(H,26,31)/b13-9+. The quantitative estimate of drug-likeness (QED) is 0.470. The van der Waals surface area contributed by atoms with Crippen molar-refractivity contribution in [3.8, 4) is 0 Å². The molecule has 200 valence electrons. The summed E-state index contributed by atoms with van der Waals surface area (Å²) in [5.41, 5.74) is 0.919. The van der Waals surface area contributed by atoms with Crippen LogP contribution in [0.5, 0.6) is 0 Å². The Morgan fingerprint density at radius 2 is 1.97 bits per heavy atom. The third-order valence-corrected chi connectivity index (χ3v) is 9.75. The molecule has 4 heterocycles. The summed E-state index contributed by atoms with van der Waals surface area (Å²) in [5.74, 6) is -0.757. The number of carbonyl (C=O) groups excluding carboxylic acids is 3. The van der Waals surface area contributed by atoms with Crippen LogP contribution in [0.15, 0.2) is 29.0 Å². The lowest BCUT2D eigenvalue weighted by Crippen LogP contribution is -2.55. The first kappa shape index (κ1) is 27.8. The number of sulfonamides is 1. The molecule has 2 aliphatic rings. The summed E-state index contributed by atoms with van der Waals surface area (Å²) in [4.78, 5) is 43.1. The number of hydrogen-bond acceptors (Lipinski definition) is 7. The molecule has 2 aromatic rings. The minimum atomic E-state index is -3.87. The zero-order valence-corrected chi connectivity index (χ0v) is 23.5. The van der Waals surface area contributed by atoms with Crippen LogP contribution in [0.1, 0.15) is 45.8 Å². The number of nitrogens with zero attached hydrogens (tertiary/aromatic N) is 2. The number of likely N-dealkylation sites (tertiary alicyclic amines) is 2. The van der Waals surface area contributed by atoms with Gasteiger partial charge in [-0.25, -0.2) is 8.42 Å². The average molecular weight is 585 g/mol. The second-order valence-electron chi connectivity index (χ2n) is 9.09. The summed E-state index contributed by atoms with van der Waals surface area (Å²) in [6, 6.07) is 4.21. The Bertz CT molecular complexity index is 1290. The Morgan fingerprint density at radius 3 is 2.68 bits per heavy atom. The molecule has 13 heteroatoms. The van der Waals surface area contributed by atoms with E-state index in [-0.39, 0.29) is 24.4 Å². The van der Waals surface area contributed by atoms with Crippen molar-refractivity contribution in [3.63, 3.8) is 0 Å². The lowest BCUT2D eigenvalue weighted by molar-refractivity contribution is -0.143. The highest BCUT2D eigenvalue weighted by molar-refractivity contribution is 7.92. The zero-order chi connectivity index (χ0) is 26.6. The number of thiophene rings is 2. The number of piperidine rings is 1. The van der Waals surface area contributed by atoms with E-state index in [0.29, 0.717) is 46.6 Å². The number of halogens is 1. The first-order valence-corrected chi connectivity index (χ1v) is 15.6. The Balaban J connectivity index is 1.31. The Labute approximate surface area is 229 Å². The van der Waals surface area contributed by atoms with Gasteiger partial charge in [0.25, 0.3) is 5.91 Å². The van der Waals surface area contributed by atoms with Crippen molar-refractivity contribution in [3.05, 3.63) is 48.6 Å². The molecule has 37 heavy (non-hydrogen) atoms. The van der Waals surface area contributed by atoms with Crippen LogP contribution in [0.4, 0.5) is 0 Å². The Morgan fingerprint density at radius 1 is 1.19 bits per heavy atom. The molecule has 2 aromatic heterocycles. The molecule has 2 atom stereocenters.